The maximum Gasteiger partial charge on any atom is 0.223 e. The largest absolute Gasteiger partial charge is 0.368 e. The summed E-state index contributed by atoms with van der Waals surface area (Å²) >= 11 is 11.2. The van der Waals surface area contributed by atoms with E-state index in [2.05, 4.69) is 31.2 Å². The molecule has 0 unspecified atom stereocenters. The van der Waals surface area contributed by atoms with Gasteiger partial charge in [-0.05, 0) is 31.2 Å². The lowest BCUT2D eigenvalue weighted by Gasteiger charge is -2.09. The van der Waals surface area contributed by atoms with Gasteiger partial charge in [-0.1, -0.05) is 27.5 Å². The van der Waals surface area contributed by atoms with Crippen molar-refractivity contribution in [1.82, 2.24) is 9.97 Å². The van der Waals surface area contributed by atoms with Gasteiger partial charge in [0.05, 0.1) is 16.1 Å². The fourth-order valence-corrected chi connectivity index (χ4v) is 3.29. The monoisotopic (exact) mass is 368 g/mol. The Morgan fingerprint density at radius 2 is 2.10 bits per heavy atom. The Kier molecular flexibility index (Phi) is 3.54. The van der Waals surface area contributed by atoms with E-state index in [1.807, 2.05) is 31.2 Å². The summed E-state index contributed by atoms with van der Waals surface area (Å²) in [4.78, 5) is 10.5. The highest BCUT2D eigenvalue weighted by molar-refractivity contribution is 9.10. The Hall–Kier alpha value is -1.37. The molecular weight excluding hydrogens is 360 g/mol. The molecule has 0 amide bonds. The molecule has 0 radical (unpaired) electrons. The van der Waals surface area contributed by atoms with Crippen molar-refractivity contribution in [3.63, 3.8) is 0 Å². The smallest absolute Gasteiger partial charge is 0.223 e. The van der Waals surface area contributed by atoms with Crippen LogP contribution < -0.4 is 11.1 Å². The number of anilines is 3. The molecule has 3 N–H and O–H groups in total. The summed E-state index contributed by atoms with van der Waals surface area (Å²) in [5.74, 6) is 0.907. The molecule has 3 aromatic rings. The van der Waals surface area contributed by atoms with E-state index in [1.54, 1.807) is 11.3 Å². The molecule has 20 heavy (non-hydrogen) atoms. The number of aryl methyl sites for hydroxylation is 1. The summed E-state index contributed by atoms with van der Waals surface area (Å²) < 4.78 is 0.934. The van der Waals surface area contributed by atoms with Crippen LogP contribution in [0.25, 0.3) is 10.2 Å². The molecule has 3 rings (SSSR count). The van der Waals surface area contributed by atoms with Gasteiger partial charge in [-0.3, -0.25) is 0 Å². The van der Waals surface area contributed by atoms with Crippen LogP contribution in [0.1, 0.15) is 4.88 Å². The summed E-state index contributed by atoms with van der Waals surface area (Å²) in [6, 6.07) is 7.63. The number of aromatic nitrogens is 2. The van der Waals surface area contributed by atoms with Gasteiger partial charge >= 0.3 is 0 Å². The average molecular weight is 370 g/mol. The van der Waals surface area contributed by atoms with E-state index >= 15 is 0 Å². The van der Waals surface area contributed by atoms with Crippen molar-refractivity contribution >= 4 is 66.5 Å². The Morgan fingerprint density at radius 3 is 2.90 bits per heavy atom. The number of halogens is 2. The number of thiophene rings is 1. The first-order valence-electron chi connectivity index (χ1n) is 5.78. The van der Waals surface area contributed by atoms with Crippen molar-refractivity contribution in [1.29, 1.82) is 0 Å². The summed E-state index contributed by atoms with van der Waals surface area (Å²) in [5.41, 5.74) is 6.53. The summed E-state index contributed by atoms with van der Waals surface area (Å²) in [6.45, 7) is 2.03. The lowest BCUT2D eigenvalue weighted by molar-refractivity contribution is 1.24. The first kappa shape index (κ1) is 13.6. The maximum atomic E-state index is 6.19. The first-order chi connectivity index (χ1) is 9.52. The molecule has 0 aliphatic rings. The Bertz CT molecular complexity index is 802. The average Bonchev–Trinajstić information content (AvgIpc) is 2.74. The molecule has 7 heteroatoms. The highest BCUT2D eigenvalue weighted by Crippen LogP contribution is 2.33. The highest BCUT2D eigenvalue weighted by atomic mass is 79.9. The molecule has 0 bridgehead atoms. The lowest BCUT2D eigenvalue weighted by atomic mass is 10.3. The van der Waals surface area contributed by atoms with Crippen molar-refractivity contribution in [2.45, 2.75) is 6.92 Å². The zero-order valence-electron chi connectivity index (χ0n) is 10.4. The second-order valence-corrected chi connectivity index (χ2v) is 6.81. The number of rotatable bonds is 2. The normalized spacial score (nSPS) is 10.9. The molecule has 2 aromatic heterocycles. The molecule has 0 saturated heterocycles. The molecule has 102 valence electrons. The zero-order valence-corrected chi connectivity index (χ0v) is 13.6. The van der Waals surface area contributed by atoms with Gasteiger partial charge in [0.25, 0.3) is 0 Å². The number of nitrogens with two attached hydrogens (primary N) is 1. The standard InChI is InChI=1S/C13H10BrClN4S/c1-6-4-8-11(18-13(16)19-12(8)20-6)17-10-5-7(14)2-3-9(10)15/h2-5H,1H3,(H3,16,17,18,19). The molecule has 1 aromatic carbocycles. The van der Waals surface area contributed by atoms with E-state index in [0.717, 1.165) is 25.3 Å². The highest BCUT2D eigenvalue weighted by Gasteiger charge is 2.11. The first-order valence-corrected chi connectivity index (χ1v) is 7.77. The van der Waals surface area contributed by atoms with Crippen molar-refractivity contribution in [3.8, 4) is 0 Å². The molecule has 0 saturated carbocycles. The van der Waals surface area contributed by atoms with Crippen LogP contribution in [0.3, 0.4) is 0 Å². The van der Waals surface area contributed by atoms with E-state index < -0.39 is 0 Å². The number of nitrogen functional groups attached to an aromatic ring is 1. The van der Waals surface area contributed by atoms with Crippen LogP contribution in [0.5, 0.6) is 0 Å². The van der Waals surface area contributed by atoms with Crippen LogP contribution in [0.2, 0.25) is 5.02 Å². The second-order valence-electron chi connectivity index (χ2n) is 4.26. The molecule has 4 nitrogen and oxygen atoms in total. The van der Waals surface area contributed by atoms with Gasteiger partial charge in [-0.15, -0.1) is 11.3 Å². The third-order valence-electron chi connectivity index (χ3n) is 2.71. The van der Waals surface area contributed by atoms with Gasteiger partial charge in [0.1, 0.15) is 10.6 Å². The van der Waals surface area contributed by atoms with Crippen LogP contribution in [-0.4, -0.2) is 9.97 Å². The molecule has 0 fully saturated rings. The number of nitrogens with zero attached hydrogens (tertiary/aromatic N) is 2. The summed E-state index contributed by atoms with van der Waals surface area (Å²) in [6.07, 6.45) is 0. The topological polar surface area (TPSA) is 63.8 Å². The summed E-state index contributed by atoms with van der Waals surface area (Å²) in [7, 11) is 0. The predicted molar refractivity (Wildman–Crippen MR) is 89.0 cm³/mol. The van der Waals surface area contributed by atoms with Gasteiger partial charge in [-0.25, -0.2) is 4.98 Å². The molecule has 2 heterocycles. The zero-order chi connectivity index (χ0) is 14.3. The third kappa shape index (κ3) is 2.59. The van der Waals surface area contributed by atoms with Crippen LogP contribution in [0.4, 0.5) is 17.5 Å². The fourth-order valence-electron chi connectivity index (χ4n) is 1.87. The molecule has 0 atom stereocenters. The minimum atomic E-state index is 0.243. The number of hydrogen-bond donors (Lipinski definition) is 2. The van der Waals surface area contributed by atoms with E-state index in [-0.39, 0.29) is 5.95 Å². The minimum Gasteiger partial charge on any atom is -0.368 e. The quantitative estimate of drug-likeness (QED) is 0.684. The van der Waals surface area contributed by atoms with Gasteiger partial charge < -0.3 is 11.1 Å². The maximum absolute atomic E-state index is 6.19. The minimum absolute atomic E-state index is 0.243. The number of fused-ring (bicyclic) bond motifs is 1. The van der Waals surface area contributed by atoms with Crippen LogP contribution in [-0.2, 0) is 0 Å². The molecular formula is C13H10BrClN4S. The van der Waals surface area contributed by atoms with Crippen molar-refractivity contribution < 1.29 is 0 Å². The number of hydrogen-bond acceptors (Lipinski definition) is 5. The van der Waals surface area contributed by atoms with Gasteiger partial charge in [0.15, 0.2) is 0 Å². The van der Waals surface area contributed by atoms with Crippen molar-refractivity contribution in [2.24, 2.45) is 0 Å². The van der Waals surface area contributed by atoms with Gasteiger partial charge in [0, 0.05) is 9.35 Å². The molecule has 0 aliphatic carbocycles. The SMILES string of the molecule is Cc1cc2c(Nc3cc(Br)ccc3Cl)nc(N)nc2s1. The third-order valence-corrected chi connectivity index (χ3v) is 4.48. The predicted octanol–water partition coefficient (Wildman–Crippen LogP) is 4.74. The van der Waals surface area contributed by atoms with Crippen LogP contribution in [0.15, 0.2) is 28.7 Å². The van der Waals surface area contributed by atoms with Crippen LogP contribution >= 0.6 is 38.9 Å². The Balaban J connectivity index is 2.12. The fraction of sp³-hybridized carbons (Fsp3) is 0.0769. The number of benzene rings is 1. The Labute approximate surface area is 133 Å². The van der Waals surface area contributed by atoms with E-state index in [4.69, 9.17) is 17.3 Å². The summed E-state index contributed by atoms with van der Waals surface area (Å²) in [5, 5.41) is 4.78. The van der Waals surface area contributed by atoms with E-state index in [1.165, 1.54) is 0 Å². The molecule has 0 aliphatic heterocycles. The van der Waals surface area contributed by atoms with E-state index in [9.17, 15) is 0 Å². The van der Waals surface area contributed by atoms with Gasteiger partial charge in [-0.2, -0.15) is 4.98 Å². The van der Waals surface area contributed by atoms with Crippen molar-refractivity contribution in [3.05, 3.63) is 38.6 Å². The Morgan fingerprint density at radius 1 is 1.30 bits per heavy atom. The van der Waals surface area contributed by atoms with Crippen LogP contribution in [0, 0.1) is 6.92 Å². The van der Waals surface area contributed by atoms with E-state index in [0.29, 0.717) is 10.8 Å². The number of nitrogens with one attached hydrogen (secondary N) is 1. The lowest BCUT2D eigenvalue weighted by Crippen LogP contribution is -2.00. The molecule has 0 spiro atoms. The van der Waals surface area contributed by atoms with Crippen molar-refractivity contribution in [2.75, 3.05) is 11.1 Å². The second kappa shape index (κ2) is 5.20. The van der Waals surface area contributed by atoms with Gasteiger partial charge in [0.2, 0.25) is 5.95 Å².